The van der Waals surface area contributed by atoms with Gasteiger partial charge in [0, 0.05) is 11.1 Å². The van der Waals surface area contributed by atoms with Crippen molar-refractivity contribution in [1.29, 1.82) is 5.53 Å². The Hall–Kier alpha value is -3.74. The fourth-order valence-corrected chi connectivity index (χ4v) is 2.53. The Morgan fingerprint density at radius 3 is 2.52 bits per heavy atom. The zero-order valence-corrected chi connectivity index (χ0v) is 12.9. The van der Waals surface area contributed by atoms with Crippen LogP contribution in [0.15, 0.2) is 59.7 Å². The van der Waals surface area contributed by atoms with E-state index in [2.05, 4.69) is 10.4 Å². The zero-order valence-electron chi connectivity index (χ0n) is 12.9. The van der Waals surface area contributed by atoms with Gasteiger partial charge in [0.05, 0.1) is 11.1 Å². The molecule has 3 aromatic carbocycles. The number of carbonyl (C=O) groups excluding carboxylic acids is 1. The Labute approximate surface area is 142 Å². The SMILES string of the molecule is N=Nc1c(O)c(C(=O)Nc2cccc(C(=O)O)c2)cc2ccccc12. The molecule has 3 aromatic rings. The molecule has 0 unspecified atom stereocenters. The highest BCUT2D eigenvalue weighted by molar-refractivity contribution is 6.11. The Morgan fingerprint density at radius 1 is 1.04 bits per heavy atom. The molecule has 1 amide bonds. The van der Waals surface area contributed by atoms with Crippen molar-refractivity contribution in [2.24, 2.45) is 5.11 Å². The van der Waals surface area contributed by atoms with E-state index >= 15 is 0 Å². The predicted octanol–water partition coefficient (Wildman–Crippen LogP) is 4.16. The fraction of sp³-hybridized carbons (Fsp3) is 0. The first-order valence-electron chi connectivity index (χ1n) is 7.28. The Bertz CT molecular complexity index is 1010. The van der Waals surface area contributed by atoms with Gasteiger partial charge in [-0.05, 0) is 29.7 Å². The van der Waals surface area contributed by atoms with E-state index in [4.69, 9.17) is 10.6 Å². The number of phenols is 1. The van der Waals surface area contributed by atoms with Crippen LogP contribution in [0.25, 0.3) is 10.8 Å². The summed E-state index contributed by atoms with van der Waals surface area (Å²) in [5, 5.41) is 26.4. The molecule has 124 valence electrons. The molecule has 0 radical (unpaired) electrons. The number of aromatic carboxylic acids is 1. The number of aromatic hydroxyl groups is 1. The highest BCUT2D eigenvalue weighted by Gasteiger charge is 2.18. The molecule has 0 aliphatic carbocycles. The summed E-state index contributed by atoms with van der Waals surface area (Å²) in [6.07, 6.45) is 0. The van der Waals surface area contributed by atoms with E-state index in [0.29, 0.717) is 10.8 Å². The maximum absolute atomic E-state index is 12.5. The first-order chi connectivity index (χ1) is 12.0. The van der Waals surface area contributed by atoms with Crippen LogP contribution in [-0.4, -0.2) is 22.1 Å². The van der Waals surface area contributed by atoms with Gasteiger partial charge in [0.25, 0.3) is 5.91 Å². The van der Waals surface area contributed by atoms with Gasteiger partial charge in [0.15, 0.2) is 5.75 Å². The number of hydrogen-bond acceptors (Lipinski definition) is 5. The zero-order chi connectivity index (χ0) is 18.0. The lowest BCUT2D eigenvalue weighted by molar-refractivity contribution is 0.0696. The molecule has 0 aromatic heterocycles. The summed E-state index contributed by atoms with van der Waals surface area (Å²) < 4.78 is 0. The molecule has 3 rings (SSSR count). The van der Waals surface area contributed by atoms with Crippen LogP contribution in [0.3, 0.4) is 0 Å². The van der Waals surface area contributed by atoms with Gasteiger partial charge in [0.1, 0.15) is 5.69 Å². The van der Waals surface area contributed by atoms with Crippen LogP contribution in [0.4, 0.5) is 11.4 Å². The van der Waals surface area contributed by atoms with Gasteiger partial charge in [0.2, 0.25) is 0 Å². The molecule has 0 spiro atoms. The minimum absolute atomic E-state index is 0.00235. The average molecular weight is 335 g/mol. The van der Waals surface area contributed by atoms with Crippen molar-refractivity contribution in [3.63, 3.8) is 0 Å². The van der Waals surface area contributed by atoms with Crippen molar-refractivity contribution < 1.29 is 19.8 Å². The molecule has 0 saturated carbocycles. The van der Waals surface area contributed by atoms with Crippen molar-refractivity contribution >= 4 is 34.0 Å². The minimum Gasteiger partial charge on any atom is -0.505 e. The van der Waals surface area contributed by atoms with E-state index in [0.717, 1.165) is 0 Å². The van der Waals surface area contributed by atoms with Crippen molar-refractivity contribution in [1.82, 2.24) is 0 Å². The summed E-state index contributed by atoms with van der Waals surface area (Å²) in [5.74, 6) is -2.14. The van der Waals surface area contributed by atoms with Crippen molar-refractivity contribution in [3.05, 3.63) is 65.7 Å². The fourth-order valence-electron chi connectivity index (χ4n) is 2.53. The highest BCUT2D eigenvalue weighted by atomic mass is 16.4. The van der Waals surface area contributed by atoms with Crippen LogP contribution in [0, 0.1) is 5.53 Å². The van der Waals surface area contributed by atoms with Gasteiger partial charge in [-0.3, -0.25) is 4.79 Å². The first kappa shape index (κ1) is 16.1. The van der Waals surface area contributed by atoms with E-state index < -0.39 is 17.6 Å². The monoisotopic (exact) mass is 335 g/mol. The number of rotatable bonds is 4. The highest BCUT2D eigenvalue weighted by Crippen LogP contribution is 2.38. The standard InChI is InChI=1S/C18H13N3O4/c19-21-15-13-7-2-1-4-10(13)9-14(16(15)22)17(23)20-12-6-3-5-11(8-12)18(24)25/h1-9,19,22H,(H,20,23)(H,24,25). The number of nitrogens with one attached hydrogen (secondary N) is 2. The molecule has 0 fully saturated rings. The lowest BCUT2D eigenvalue weighted by Crippen LogP contribution is -2.12. The largest absolute Gasteiger partial charge is 0.505 e. The average Bonchev–Trinajstić information content (AvgIpc) is 2.61. The van der Waals surface area contributed by atoms with Gasteiger partial charge >= 0.3 is 5.97 Å². The van der Waals surface area contributed by atoms with Crippen molar-refractivity contribution in [3.8, 4) is 5.75 Å². The summed E-state index contributed by atoms with van der Waals surface area (Å²) in [5.41, 5.74) is 7.53. The molecule has 7 nitrogen and oxygen atoms in total. The van der Waals surface area contributed by atoms with Crippen LogP contribution in [-0.2, 0) is 0 Å². The van der Waals surface area contributed by atoms with Crippen molar-refractivity contribution in [2.75, 3.05) is 5.32 Å². The second kappa shape index (κ2) is 6.40. The van der Waals surface area contributed by atoms with Crippen LogP contribution in [0.2, 0.25) is 0 Å². The summed E-state index contributed by atoms with van der Waals surface area (Å²) in [4.78, 5) is 23.5. The number of hydrogen-bond donors (Lipinski definition) is 4. The number of nitrogens with zero attached hydrogens (tertiary/aromatic N) is 1. The molecule has 7 heteroatoms. The molecule has 4 N–H and O–H groups in total. The van der Waals surface area contributed by atoms with Gasteiger partial charge in [-0.1, -0.05) is 30.3 Å². The van der Waals surface area contributed by atoms with Gasteiger partial charge in [-0.15, -0.1) is 0 Å². The second-order valence-corrected chi connectivity index (χ2v) is 5.29. The predicted molar refractivity (Wildman–Crippen MR) is 91.8 cm³/mol. The maximum Gasteiger partial charge on any atom is 0.335 e. The number of phenolic OH excluding ortho intramolecular Hbond substituents is 1. The normalized spacial score (nSPS) is 10.4. The number of carboxylic acids is 1. The van der Waals surface area contributed by atoms with Crippen LogP contribution < -0.4 is 5.32 Å². The number of anilines is 1. The summed E-state index contributed by atoms with van der Waals surface area (Å²) in [6.45, 7) is 0. The summed E-state index contributed by atoms with van der Waals surface area (Å²) in [7, 11) is 0. The van der Waals surface area contributed by atoms with E-state index in [1.807, 2.05) is 0 Å². The van der Waals surface area contributed by atoms with E-state index in [9.17, 15) is 14.7 Å². The summed E-state index contributed by atoms with van der Waals surface area (Å²) in [6, 6.07) is 14.2. The van der Waals surface area contributed by atoms with Crippen LogP contribution in [0.1, 0.15) is 20.7 Å². The number of benzene rings is 3. The third-order valence-corrected chi connectivity index (χ3v) is 3.72. The molecule has 0 aliphatic rings. The molecule has 0 saturated heterocycles. The van der Waals surface area contributed by atoms with Gasteiger partial charge in [-0.2, -0.15) is 5.11 Å². The topological polar surface area (TPSA) is 123 Å². The van der Waals surface area contributed by atoms with E-state index in [1.165, 1.54) is 30.3 Å². The third kappa shape index (κ3) is 3.02. The lowest BCUT2D eigenvalue weighted by atomic mass is 10.0. The maximum atomic E-state index is 12.5. The smallest absolute Gasteiger partial charge is 0.335 e. The molecule has 0 atom stereocenters. The van der Waals surface area contributed by atoms with E-state index in [1.54, 1.807) is 24.3 Å². The Balaban J connectivity index is 2.03. The lowest BCUT2D eigenvalue weighted by Gasteiger charge is -2.11. The summed E-state index contributed by atoms with van der Waals surface area (Å²) >= 11 is 0. The number of carbonyl (C=O) groups is 2. The molecule has 0 bridgehead atoms. The Morgan fingerprint density at radius 2 is 1.80 bits per heavy atom. The molecule has 0 aliphatic heterocycles. The number of fused-ring (bicyclic) bond motifs is 1. The molecule has 0 heterocycles. The van der Waals surface area contributed by atoms with Gasteiger partial charge < -0.3 is 15.5 Å². The van der Waals surface area contributed by atoms with Crippen LogP contribution >= 0.6 is 0 Å². The molecular weight excluding hydrogens is 322 g/mol. The van der Waals surface area contributed by atoms with Gasteiger partial charge in [-0.25, -0.2) is 10.3 Å². The van der Waals surface area contributed by atoms with E-state index in [-0.39, 0.29) is 22.5 Å². The van der Waals surface area contributed by atoms with Crippen molar-refractivity contribution in [2.45, 2.75) is 0 Å². The number of carboxylic acid groups (broad SMARTS) is 1. The third-order valence-electron chi connectivity index (χ3n) is 3.72. The second-order valence-electron chi connectivity index (χ2n) is 5.29. The molecule has 25 heavy (non-hydrogen) atoms. The molecular formula is C18H13N3O4. The first-order valence-corrected chi connectivity index (χ1v) is 7.28. The number of amides is 1. The van der Waals surface area contributed by atoms with Crippen LogP contribution in [0.5, 0.6) is 5.75 Å². The minimum atomic E-state index is -1.11. The Kier molecular flexibility index (Phi) is 4.13. The quantitative estimate of drug-likeness (QED) is 0.534.